The van der Waals surface area contributed by atoms with Gasteiger partial charge in [-0.3, -0.25) is 14.4 Å². The van der Waals surface area contributed by atoms with Gasteiger partial charge in [-0.2, -0.15) is 0 Å². The highest BCUT2D eigenvalue weighted by molar-refractivity contribution is 5.79. The molecule has 99 heavy (non-hydrogen) atoms. The molecule has 3 amide bonds. The lowest BCUT2D eigenvalue weighted by Gasteiger charge is -2.29. The SMILES string of the molecule is CCN(CC)C(=O)COc1c2cc(C(C)(C)C)cc1Cc1cc(C(C)(C)C)cc(c1OC)Cc1cc(C(C)(C)C)cc(c1OCC(=O)N(CC)CC)Cc1cc(C(C)(C)C)cc(c1OC)Cc1cc(C(C)(C)C)cc(c1OCC(=O)N(CC)CC)Cc1cc(C(C)(C)C)cc(c1OC)C2. The summed E-state index contributed by atoms with van der Waals surface area (Å²) in [6, 6.07) is 27.4. The largest absolute Gasteiger partial charge is 0.496 e. The van der Waals surface area contributed by atoms with Gasteiger partial charge in [0.1, 0.15) is 34.5 Å². The quantitative estimate of drug-likeness (QED) is 0.0828. The van der Waals surface area contributed by atoms with Gasteiger partial charge in [0.15, 0.2) is 19.8 Å². The highest BCUT2D eigenvalue weighted by Crippen LogP contribution is 2.46. The van der Waals surface area contributed by atoms with E-state index in [4.69, 9.17) is 28.4 Å². The van der Waals surface area contributed by atoms with Crippen LogP contribution in [0.3, 0.4) is 0 Å². The molecule has 12 nitrogen and oxygen atoms in total. The molecule has 12 heteroatoms. The summed E-state index contributed by atoms with van der Waals surface area (Å²) in [7, 11) is 5.30. The van der Waals surface area contributed by atoms with Crippen LogP contribution in [0, 0.1) is 0 Å². The van der Waals surface area contributed by atoms with Crippen LogP contribution in [0.15, 0.2) is 72.8 Å². The van der Waals surface area contributed by atoms with E-state index in [-0.39, 0.29) is 70.0 Å². The van der Waals surface area contributed by atoms with E-state index in [1.165, 1.54) is 0 Å². The van der Waals surface area contributed by atoms with Crippen LogP contribution in [-0.4, -0.2) is 113 Å². The van der Waals surface area contributed by atoms with Crippen molar-refractivity contribution in [1.29, 1.82) is 0 Å². The van der Waals surface area contributed by atoms with Gasteiger partial charge in [-0.15, -0.1) is 0 Å². The Hall–Kier alpha value is -7.47. The first-order valence-corrected chi connectivity index (χ1v) is 36.5. The van der Waals surface area contributed by atoms with Crippen molar-refractivity contribution >= 4 is 17.7 Å². The second kappa shape index (κ2) is 31.6. The molecule has 540 valence electrons. The Morgan fingerprint density at radius 2 is 0.394 bits per heavy atom. The van der Waals surface area contributed by atoms with Crippen molar-refractivity contribution in [2.75, 3.05) is 80.4 Å². The zero-order valence-corrected chi connectivity index (χ0v) is 66.1. The van der Waals surface area contributed by atoms with Gasteiger partial charge in [0.05, 0.1) is 21.3 Å². The molecule has 0 saturated heterocycles. The van der Waals surface area contributed by atoms with Crippen molar-refractivity contribution in [1.82, 2.24) is 14.7 Å². The van der Waals surface area contributed by atoms with E-state index in [2.05, 4.69) is 197 Å². The minimum Gasteiger partial charge on any atom is -0.496 e. The van der Waals surface area contributed by atoms with Crippen LogP contribution in [-0.2, 0) is 85.4 Å². The van der Waals surface area contributed by atoms with Gasteiger partial charge < -0.3 is 43.1 Å². The number of likely N-dealkylation sites (N-methyl/N-ethyl adjacent to an activating group) is 3. The minimum atomic E-state index is -0.316. The number of methoxy groups -OCH3 is 3. The maximum Gasteiger partial charge on any atom is 0.260 e. The number of benzene rings is 6. The molecule has 6 aromatic carbocycles. The van der Waals surface area contributed by atoms with E-state index in [0.717, 1.165) is 117 Å². The van der Waals surface area contributed by atoms with Crippen LogP contribution in [0.5, 0.6) is 34.5 Å². The molecule has 6 aromatic rings. The number of hydrogen-bond donors (Lipinski definition) is 0. The van der Waals surface area contributed by atoms with E-state index < -0.39 is 0 Å². The molecule has 0 unspecified atom stereocenters. The van der Waals surface area contributed by atoms with Crippen LogP contribution >= 0.6 is 0 Å². The van der Waals surface area contributed by atoms with Gasteiger partial charge in [0, 0.05) is 77.8 Å². The van der Waals surface area contributed by atoms with Gasteiger partial charge in [0.2, 0.25) is 0 Å². The third-order valence-electron chi connectivity index (χ3n) is 19.9. The fourth-order valence-electron chi connectivity index (χ4n) is 13.7. The lowest BCUT2D eigenvalue weighted by atomic mass is 9.79. The van der Waals surface area contributed by atoms with E-state index in [9.17, 15) is 14.4 Å². The first kappa shape index (κ1) is 78.9. The van der Waals surface area contributed by atoms with Crippen molar-refractivity contribution in [3.05, 3.63) is 173 Å². The molecule has 12 bridgehead atoms. The number of rotatable bonds is 18. The molecule has 0 atom stereocenters. The van der Waals surface area contributed by atoms with Gasteiger partial charge >= 0.3 is 0 Å². The highest BCUT2D eigenvalue weighted by Gasteiger charge is 2.32. The molecule has 7 rings (SSSR count). The molecule has 0 radical (unpaired) electrons. The van der Waals surface area contributed by atoms with Crippen molar-refractivity contribution in [2.45, 2.75) is 237 Å². The van der Waals surface area contributed by atoms with Gasteiger partial charge in [-0.25, -0.2) is 0 Å². The number of amides is 3. The number of carbonyl (C=O) groups excluding carboxylic acids is 3. The molecule has 0 spiro atoms. The van der Waals surface area contributed by atoms with Crippen LogP contribution in [0.4, 0.5) is 0 Å². The molecule has 0 heterocycles. The normalized spacial score (nSPS) is 13.2. The topological polar surface area (TPSA) is 116 Å². The summed E-state index contributed by atoms with van der Waals surface area (Å²) in [5, 5.41) is 0. The predicted molar refractivity (Wildman–Crippen MR) is 408 cm³/mol. The summed E-state index contributed by atoms with van der Waals surface area (Å²) in [6.45, 7) is 55.4. The van der Waals surface area contributed by atoms with Crippen LogP contribution in [0.25, 0.3) is 0 Å². The number of ether oxygens (including phenoxy) is 6. The Labute approximate surface area is 597 Å². The Morgan fingerprint density at radius 3 is 0.505 bits per heavy atom. The number of nitrogens with zero attached hydrogens (tertiary/aromatic N) is 3. The average Bonchev–Trinajstić information content (AvgIpc) is 0.777. The molecular formula is C87H123N3O9. The Bertz CT molecular complexity index is 3310. The molecule has 0 saturated carbocycles. The van der Waals surface area contributed by atoms with Crippen molar-refractivity contribution < 1.29 is 42.8 Å². The third-order valence-corrected chi connectivity index (χ3v) is 19.9. The average molecular weight is 1350 g/mol. The van der Waals surface area contributed by atoms with Crippen LogP contribution in [0.1, 0.15) is 266 Å². The first-order chi connectivity index (χ1) is 46.1. The second-order valence-corrected chi connectivity index (χ2v) is 33.5. The standard InChI is InChI=1S/C87H123N3O9/c1-28-88(29-2)73(91)52-97-79-61-34-55-40-67(82(7,8)9)42-57(76(55)94-25)36-63-48-71(86(19,20)21)50-65(80(63)98-53-74(92)89(30-3)31-4)38-59-44-69(84(13,14)15)45-60(78(59)96-27)39-66-51-72(87(22,23)24)49-64(81(66)99-54-75(93)90(32-5)33-6)37-58-43-68(83(10,11)12)41-56(77(58)95-26)35-62(79)47-70(46-61)85(16,17)18/h40-51H,28-39,52-54H2,1-27H3. The molecular weight excluding hydrogens is 1230 g/mol. The molecule has 0 N–H and O–H groups in total. The lowest BCUT2D eigenvalue weighted by Crippen LogP contribution is -2.34. The van der Waals surface area contributed by atoms with E-state index in [1.54, 1.807) is 21.3 Å². The molecule has 1 aliphatic rings. The third kappa shape index (κ3) is 18.9. The number of hydrogen-bond acceptors (Lipinski definition) is 9. The first-order valence-electron chi connectivity index (χ1n) is 36.5. The van der Waals surface area contributed by atoms with E-state index >= 15 is 0 Å². The molecule has 0 aliphatic heterocycles. The summed E-state index contributed by atoms with van der Waals surface area (Å²) in [6.07, 6.45) is 2.44. The Kier molecular flexibility index (Phi) is 25.2. The Balaban J connectivity index is 1.74. The van der Waals surface area contributed by atoms with Crippen molar-refractivity contribution in [3.8, 4) is 34.5 Å². The lowest BCUT2D eigenvalue weighted by molar-refractivity contribution is -0.133. The number of carbonyl (C=O) groups is 3. The maximum atomic E-state index is 14.4. The monoisotopic (exact) mass is 1350 g/mol. The maximum absolute atomic E-state index is 14.4. The smallest absolute Gasteiger partial charge is 0.260 e. The van der Waals surface area contributed by atoms with E-state index in [1.807, 2.05) is 56.2 Å². The fourth-order valence-corrected chi connectivity index (χ4v) is 13.7. The van der Waals surface area contributed by atoms with Gasteiger partial charge in [0.25, 0.3) is 17.7 Å². The van der Waals surface area contributed by atoms with Crippen LogP contribution in [0.2, 0.25) is 0 Å². The van der Waals surface area contributed by atoms with Crippen molar-refractivity contribution in [3.63, 3.8) is 0 Å². The van der Waals surface area contributed by atoms with Gasteiger partial charge in [-0.05, 0) is 174 Å². The molecule has 0 aromatic heterocycles. The fraction of sp³-hybridized carbons (Fsp3) is 0.552. The summed E-state index contributed by atoms with van der Waals surface area (Å²) in [4.78, 5) is 48.5. The summed E-state index contributed by atoms with van der Waals surface area (Å²) in [5.74, 6) is 3.88. The minimum absolute atomic E-state index is 0.0941. The number of fused-ring (bicyclic) bond motifs is 12. The second-order valence-electron chi connectivity index (χ2n) is 33.5. The van der Waals surface area contributed by atoms with Gasteiger partial charge in [-0.1, -0.05) is 197 Å². The molecule has 1 aliphatic carbocycles. The summed E-state index contributed by atoms with van der Waals surface area (Å²) >= 11 is 0. The van der Waals surface area contributed by atoms with Crippen molar-refractivity contribution in [2.24, 2.45) is 0 Å². The highest BCUT2D eigenvalue weighted by atomic mass is 16.5. The Morgan fingerprint density at radius 1 is 0.263 bits per heavy atom. The van der Waals surface area contributed by atoms with Crippen LogP contribution < -0.4 is 28.4 Å². The summed E-state index contributed by atoms with van der Waals surface area (Å²) in [5.41, 5.74) is 16.2. The van der Waals surface area contributed by atoms with E-state index in [0.29, 0.717) is 95.0 Å². The zero-order valence-electron chi connectivity index (χ0n) is 66.1. The molecule has 0 fully saturated rings. The zero-order chi connectivity index (χ0) is 73.7. The predicted octanol–water partition coefficient (Wildman–Crippen LogP) is 18.1. The summed E-state index contributed by atoms with van der Waals surface area (Å²) < 4.78 is 41.8.